The van der Waals surface area contributed by atoms with Crippen molar-refractivity contribution in [2.45, 2.75) is 0 Å². The average molecular weight is 389 g/mol. The molecule has 6 nitrogen and oxygen atoms in total. The molecule has 0 aliphatic heterocycles. The molecule has 7 heteroatoms. The van der Waals surface area contributed by atoms with Crippen molar-refractivity contribution in [2.24, 2.45) is 14.1 Å². The number of nitrogens with zero attached hydrogens (tertiary/aromatic N) is 3. The molecule has 0 saturated carbocycles. The molecule has 0 aliphatic carbocycles. The minimum absolute atomic E-state index is 0. The van der Waals surface area contributed by atoms with Crippen molar-refractivity contribution in [2.75, 3.05) is 0 Å². The summed E-state index contributed by atoms with van der Waals surface area (Å²) in [6.45, 7) is 0. The fourth-order valence-electron chi connectivity index (χ4n) is 1.26. The summed E-state index contributed by atoms with van der Waals surface area (Å²) in [5, 5.41) is 0. The number of nitrogens with one attached hydrogen (secondary N) is 1. The predicted molar refractivity (Wildman–Crippen MR) is 55.1 cm³/mol. The number of imidazole rings is 1. The Labute approximate surface area is 98.7 Å². The summed E-state index contributed by atoms with van der Waals surface area (Å²) in [5.74, 6) is 0. The standard InChI is InChI=1S/C7H8N4O2.Pb.2H/c1-10-3-8-5-4(10)6(12)9-7(13)11(5)2;;;/h3H,1-2H3,(H,9,12,13);;;. The maximum absolute atomic E-state index is 11.3. The van der Waals surface area contributed by atoms with Gasteiger partial charge in [0.25, 0.3) is 5.56 Å². The van der Waals surface area contributed by atoms with Gasteiger partial charge in [-0.25, -0.2) is 9.78 Å². The van der Waals surface area contributed by atoms with E-state index < -0.39 is 11.2 Å². The van der Waals surface area contributed by atoms with Crippen molar-refractivity contribution in [3.8, 4) is 0 Å². The number of hydrogen-bond acceptors (Lipinski definition) is 3. The third-order valence-electron chi connectivity index (χ3n) is 1.98. The van der Waals surface area contributed by atoms with Crippen molar-refractivity contribution in [3.63, 3.8) is 0 Å². The van der Waals surface area contributed by atoms with Crippen LogP contribution in [0.25, 0.3) is 11.2 Å². The Morgan fingerprint density at radius 1 is 1.36 bits per heavy atom. The van der Waals surface area contributed by atoms with Crippen LogP contribution < -0.4 is 11.2 Å². The summed E-state index contributed by atoms with van der Waals surface area (Å²) in [5.41, 5.74) is -0.0485. The molecule has 2 aromatic rings. The van der Waals surface area contributed by atoms with E-state index in [-0.39, 0.29) is 27.3 Å². The zero-order valence-electron chi connectivity index (χ0n) is 7.94. The van der Waals surface area contributed by atoms with Gasteiger partial charge in [-0.3, -0.25) is 14.3 Å². The third kappa shape index (κ3) is 1.43. The van der Waals surface area contributed by atoms with Gasteiger partial charge in [0.1, 0.15) is 0 Å². The summed E-state index contributed by atoms with van der Waals surface area (Å²) < 4.78 is 2.88. The molecule has 0 amide bonds. The van der Waals surface area contributed by atoms with Crippen LogP contribution in [-0.2, 0) is 14.1 Å². The Hall–Kier alpha value is -0.928. The molecule has 2 rings (SSSR count). The van der Waals surface area contributed by atoms with Gasteiger partial charge in [-0.1, -0.05) is 0 Å². The Morgan fingerprint density at radius 3 is 2.64 bits per heavy atom. The quantitative estimate of drug-likeness (QED) is 0.532. The van der Waals surface area contributed by atoms with E-state index in [1.807, 2.05) is 0 Å². The van der Waals surface area contributed by atoms with Crippen LogP contribution >= 0.6 is 0 Å². The summed E-state index contributed by atoms with van der Waals surface area (Å²) in [6, 6.07) is 0. The monoisotopic (exact) mass is 390 g/mol. The molecule has 0 unspecified atom stereocenters. The summed E-state index contributed by atoms with van der Waals surface area (Å²) in [7, 11) is 3.27. The number of aryl methyl sites for hydroxylation is 2. The molecular weight excluding hydrogens is 379 g/mol. The Kier molecular flexibility index (Phi) is 2.93. The molecule has 2 aromatic heterocycles. The van der Waals surface area contributed by atoms with Crippen molar-refractivity contribution in [1.29, 1.82) is 0 Å². The van der Waals surface area contributed by atoms with Crippen LogP contribution in [0.3, 0.4) is 0 Å². The van der Waals surface area contributed by atoms with Crippen LogP contribution in [0.1, 0.15) is 0 Å². The van der Waals surface area contributed by atoms with Gasteiger partial charge in [0.15, 0.2) is 11.2 Å². The van der Waals surface area contributed by atoms with E-state index in [0.29, 0.717) is 11.2 Å². The molecule has 0 spiro atoms. The Balaban J connectivity index is 0.000000980. The normalized spacial score (nSPS) is 10.1. The van der Waals surface area contributed by atoms with Gasteiger partial charge in [-0.2, -0.15) is 0 Å². The number of aromatic nitrogens is 4. The first-order valence-corrected chi connectivity index (χ1v) is 3.71. The van der Waals surface area contributed by atoms with E-state index >= 15 is 0 Å². The first-order valence-electron chi connectivity index (χ1n) is 3.71. The molecule has 0 saturated heterocycles. The van der Waals surface area contributed by atoms with Crippen molar-refractivity contribution in [1.82, 2.24) is 19.1 Å². The fraction of sp³-hybridized carbons (Fsp3) is 0.286. The van der Waals surface area contributed by atoms with E-state index in [4.69, 9.17) is 0 Å². The van der Waals surface area contributed by atoms with Gasteiger partial charge in [0.05, 0.1) is 6.33 Å². The SMILES string of the molecule is Cn1cnc2c1c(=O)[nH]c(=O)n2C.[PbH2]. The van der Waals surface area contributed by atoms with E-state index in [1.165, 1.54) is 10.9 Å². The van der Waals surface area contributed by atoms with E-state index in [9.17, 15) is 9.59 Å². The molecule has 1 N–H and O–H groups in total. The first-order chi connectivity index (χ1) is 6.11. The number of hydrogen-bond donors (Lipinski definition) is 1. The van der Waals surface area contributed by atoms with Crippen molar-refractivity contribution >= 4 is 38.5 Å². The molecule has 0 aliphatic rings. The minimum atomic E-state index is -0.448. The third-order valence-corrected chi connectivity index (χ3v) is 1.98. The molecule has 2 heterocycles. The van der Waals surface area contributed by atoms with Crippen LogP contribution in [0.5, 0.6) is 0 Å². The zero-order chi connectivity index (χ0) is 9.59. The molecule has 74 valence electrons. The Bertz CT molecular complexity index is 579. The van der Waals surface area contributed by atoms with E-state index in [2.05, 4.69) is 9.97 Å². The summed E-state index contributed by atoms with van der Waals surface area (Å²) in [4.78, 5) is 28.6. The van der Waals surface area contributed by atoms with Crippen LogP contribution in [0, 0.1) is 0 Å². The molecule has 0 atom stereocenters. The first kappa shape index (κ1) is 11.1. The van der Waals surface area contributed by atoms with Crippen molar-refractivity contribution < 1.29 is 0 Å². The summed E-state index contributed by atoms with van der Waals surface area (Å²) >= 11 is 0. The van der Waals surface area contributed by atoms with E-state index in [0.717, 1.165) is 0 Å². The van der Waals surface area contributed by atoms with Crippen LogP contribution in [0.15, 0.2) is 15.9 Å². The molecule has 0 fully saturated rings. The number of rotatable bonds is 0. The molecule has 14 heavy (non-hydrogen) atoms. The van der Waals surface area contributed by atoms with Gasteiger partial charge < -0.3 is 4.57 Å². The predicted octanol–water partition coefficient (Wildman–Crippen LogP) is -1.96. The van der Waals surface area contributed by atoms with E-state index in [1.54, 1.807) is 18.7 Å². The van der Waals surface area contributed by atoms with Crippen molar-refractivity contribution in [3.05, 3.63) is 27.2 Å². The second kappa shape index (κ2) is 3.67. The van der Waals surface area contributed by atoms with Gasteiger partial charge in [-0.15, -0.1) is 0 Å². The molecule has 2 radical (unpaired) electrons. The second-order valence-corrected chi connectivity index (χ2v) is 2.85. The zero-order valence-corrected chi connectivity index (χ0v) is 13.4. The summed E-state index contributed by atoms with van der Waals surface area (Å²) in [6.07, 6.45) is 1.50. The Morgan fingerprint density at radius 2 is 2.00 bits per heavy atom. The van der Waals surface area contributed by atoms with Gasteiger partial charge >= 0.3 is 33.0 Å². The number of fused-ring (bicyclic) bond motifs is 1. The molecule has 0 bridgehead atoms. The average Bonchev–Trinajstić information content (AvgIpc) is 2.44. The number of H-pyrrole nitrogens is 1. The topological polar surface area (TPSA) is 72.7 Å². The van der Waals surface area contributed by atoms with Crippen LogP contribution in [0.2, 0.25) is 0 Å². The number of aromatic amines is 1. The van der Waals surface area contributed by atoms with Gasteiger partial charge in [0, 0.05) is 14.1 Å². The maximum atomic E-state index is 11.3. The fourth-order valence-corrected chi connectivity index (χ4v) is 1.26. The van der Waals surface area contributed by atoms with Gasteiger partial charge in [0.2, 0.25) is 0 Å². The molecular formula is C7H10N4O2Pb. The van der Waals surface area contributed by atoms with Gasteiger partial charge in [-0.05, 0) is 0 Å². The second-order valence-electron chi connectivity index (χ2n) is 2.85. The molecule has 0 aromatic carbocycles. The van der Waals surface area contributed by atoms with Crippen LogP contribution in [0.4, 0.5) is 0 Å². The van der Waals surface area contributed by atoms with Crippen LogP contribution in [-0.4, -0.2) is 46.4 Å².